The van der Waals surface area contributed by atoms with Crippen molar-refractivity contribution in [1.29, 1.82) is 0 Å². The van der Waals surface area contributed by atoms with Crippen LogP contribution in [-0.2, 0) is 16.6 Å². The van der Waals surface area contributed by atoms with Crippen LogP contribution in [0.1, 0.15) is 18.4 Å². The molecule has 4 nitrogen and oxygen atoms in total. The first-order chi connectivity index (χ1) is 7.50. The van der Waals surface area contributed by atoms with E-state index in [2.05, 4.69) is 5.32 Å². The van der Waals surface area contributed by atoms with Crippen LogP contribution in [0, 0.1) is 0 Å². The highest BCUT2D eigenvalue weighted by Gasteiger charge is 2.22. The molecule has 1 N–H and O–H groups in total. The van der Waals surface area contributed by atoms with Crippen LogP contribution in [0.4, 0.5) is 0 Å². The van der Waals surface area contributed by atoms with Gasteiger partial charge in [0.05, 0.1) is 0 Å². The molecule has 0 aliphatic heterocycles. The summed E-state index contributed by atoms with van der Waals surface area (Å²) in [6.45, 7) is 0.768. The first-order valence-corrected chi connectivity index (χ1v) is 7.55. The van der Waals surface area contributed by atoms with Crippen LogP contribution >= 0.6 is 11.3 Å². The van der Waals surface area contributed by atoms with E-state index in [1.165, 1.54) is 28.5 Å². The van der Waals surface area contributed by atoms with Crippen molar-refractivity contribution in [2.24, 2.45) is 0 Å². The highest BCUT2D eigenvalue weighted by molar-refractivity contribution is 7.91. The first-order valence-electron chi connectivity index (χ1n) is 5.23. The van der Waals surface area contributed by atoms with Crippen molar-refractivity contribution in [3.63, 3.8) is 0 Å². The number of sulfonamides is 1. The Kier molecular flexibility index (Phi) is 3.34. The fourth-order valence-electron chi connectivity index (χ4n) is 1.31. The highest BCUT2D eigenvalue weighted by atomic mass is 32.2. The third-order valence-electron chi connectivity index (χ3n) is 2.54. The summed E-state index contributed by atoms with van der Waals surface area (Å²) in [6, 6.07) is 2.41. The van der Waals surface area contributed by atoms with E-state index >= 15 is 0 Å². The zero-order valence-corrected chi connectivity index (χ0v) is 11.1. The Balaban J connectivity index is 2.06. The lowest BCUT2D eigenvalue weighted by atomic mass is 10.3. The van der Waals surface area contributed by atoms with E-state index < -0.39 is 10.0 Å². The Morgan fingerprint density at radius 1 is 1.50 bits per heavy atom. The van der Waals surface area contributed by atoms with Crippen molar-refractivity contribution in [2.45, 2.75) is 29.6 Å². The SMILES string of the molecule is CN(C)S(=O)(=O)c1cc(CNC2CC2)cs1. The molecule has 1 aliphatic carbocycles. The molecule has 6 heteroatoms. The predicted molar refractivity (Wildman–Crippen MR) is 65.1 cm³/mol. The van der Waals surface area contributed by atoms with Crippen LogP contribution < -0.4 is 5.32 Å². The summed E-state index contributed by atoms with van der Waals surface area (Å²) in [4.78, 5) is 0. The predicted octanol–water partition coefficient (Wildman–Crippen LogP) is 1.25. The smallest absolute Gasteiger partial charge is 0.252 e. The number of nitrogens with zero attached hydrogens (tertiary/aromatic N) is 1. The van der Waals surface area contributed by atoms with E-state index in [0.717, 1.165) is 12.1 Å². The lowest BCUT2D eigenvalue weighted by molar-refractivity contribution is 0.523. The molecule has 1 fully saturated rings. The molecule has 0 unspecified atom stereocenters. The minimum atomic E-state index is -3.25. The summed E-state index contributed by atoms with van der Waals surface area (Å²) in [5.74, 6) is 0. The Morgan fingerprint density at radius 2 is 2.19 bits per heavy atom. The van der Waals surface area contributed by atoms with E-state index in [4.69, 9.17) is 0 Å². The summed E-state index contributed by atoms with van der Waals surface area (Å²) in [5.41, 5.74) is 1.05. The third kappa shape index (κ3) is 2.63. The zero-order chi connectivity index (χ0) is 11.8. The van der Waals surface area contributed by atoms with Gasteiger partial charge in [0.25, 0.3) is 10.0 Å². The maximum absolute atomic E-state index is 11.8. The standard InChI is InChI=1S/C10H16N2O2S2/c1-12(2)16(13,14)10-5-8(7-15-10)6-11-9-3-4-9/h5,7,9,11H,3-4,6H2,1-2H3. The van der Waals surface area contributed by atoms with Crippen molar-refractivity contribution in [2.75, 3.05) is 14.1 Å². The molecule has 2 rings (SSSR count). The molecule has 1 aliphatic rings. The molecule has 0 atom stereocenters. The van der Waals surface area contributed by atoms with Gasteiger partial charge in [-0.1, -0.05) is 0 Å². The average molecular weight is 260 g/mol. The van der Waals surface area contributed by atoms with Gasteiger partial charge in [0.1, 0.15) is 4.21 Å². The summed E-state index contributed by atoms with van der Waals surface area (Å²) in [5, 5.41) is 5.27. The minimum absolute atomic E-state index is 0.421. The van der Waals surface area contributed by atoms with Gasteiger partial charge in [0, 0.05) is 26.7 Å². The average Bonchev–Trinajstić information content (AvgIpc) is 2.92. The Morgan fingerprint density at radius 3 is 2.75 bits per heavy atom. The summed E-state index contributed by atoms with van der Waals surface area (Å²) in [6.07, 6.45) is 2.49. The van der Waals surface area contributed by atoms with E-state index in [1.807, 2.05) is 5.38 Å². The number of hydrogen-bond acceptors (Lipinski definition) is 4. The van der Waals surface area contributed by atoms with E-state index in [-0.39, 0.29) is 0 Å². The monoisotopic (exact) mass is 260 g/mol. The largest absolute Gasteiger partial charge is 0.310 e. The number of thiophene rings is 1. The van der Waals surface area contributed by atoms with Gasteiger partial charge in [-0.25, -0.2) is 12.7 Å². The van der Waals surface area contributed by atoms with Crippen LogP contribution in [0.15, 0.2) is 15.7 Å². The molecular weight excluding hydrogens is 244 g/mol. The van der Waals surface area contributed by atoms with E-state index in [0.29, 0.717) is 10.3 Å². The normalized spacial score (nSPS) is 16.9. The quantitative estimate of drug-likeness (QED) is 0.867. The van der Waals surface area contributed by atoms with Crippen molar-refractivity contribution in [3.8, 4) is 0 Å². The van der Waals surface area contributed by atoms with Gasteiger partial charge < -0.3 is 5.32 Å². The number of nitrogens with one attached hydrogen (secondary N) is 1. The summed E-state index contributed by atoms with van der Waals surface area (Å²) < 4.78 is 25.3. The fourth-order valence-corrected chi connectivity index (χ4v) is 3.69. The first kappa shape index (κ1) is 12.0. The molecule has 90 valence electrons. The van der Waals surface area contributed by atoms with E-state index in [1.54, 1.807) is 20.2 Å². The fraction of sp³-hybridized carbons (Fsp3) is 0.600. The molecule has 0 spiro atoms. The second-order valence-electron chi connectivity index (χ2n) is 4.22. The molecule has 0 bridgehead atoms. The van der Waals surface area contributed by atoms with Gasteiger partial charge in [-0.2, -0.15) is 0 Å². The molecule has 0 aromatic carbocycles. The number of hydrogen-bond donors (Lipinski definition) is 1. The number of rotatable bonds is 5. The third-order valence-corrected chi connectivity index (χ3v) is 5.82. The van der Waals surface area contributed by atoms with Crippen LogP contribution in [0.5, 0.6) is 0 Å². The zero-order valence-electron chi connectivity index (χ0n) is 9.43. The van der Waals surface area contributed by atoms with Crippen LogP contribution in [-0.4, -0.2) is 32.9 Å². The summed E-state index contributed by atoms with van der Waals surface area (Å²) in [7, 11) is -0.149. The Labute approximate surface area is 100 Å². The molecule has 1 aromatic heterocycles. The van der Waals surface area contributed by atoms with Gasteiger partial charge in [0.15, 0.2) is 0 Å². The molecule has 1 saturated carbocycles. The van der Waals surface area contributed by atoms with Gasteiger partial charge in [-0.15, -0.1) is 11.3 Å². The maximum atomic E-state index is 11.8. The summed E-state index contributed by atoms with van der Waals surface area (Å²) >= 11 is 1.29. The van der Waals surface area contributed by atoms with Crippen molar-refractivity contribution >= 4 is 21.4 Å². The lowest BCUT2D eigenvalue weighted by Crippen LogP contribution is -2.21. The van der Waals surface area contributed by atoms with Gasteiger partial charge in [-0.3, -0.25) is 0 Å². The van der Waals surface area contributed by atoms with Crippen molar-refractivity contribution in [1.82, 2.24) is 9.62 Å². The van der Waals surface area contributed by atoms with Gasteiger partial charge >= 0.3 is 0 Å². The molecular formula is C10H16N2O2S2. The van der Waals surface area contributed by atoms with Gasteiger partial charge in [-0.05, 0) is 29.9 Å². The van der Waals surface area contributed by atoms with Crippen molar-refractivity contribution in [3.05, 3.63) is 17.0 Å². The Hall–Kier alpha value is -0.430. The molecule has 0 saturated heterocycles. The molecule has 1 heterocycles. The van der Waals surface area contributed by atoms with Crippen LogP contribution in [0.25, 0.3) is 0 Å². The van der Waals surface area contributed by atoms with Crippen LogP contribution in [0.3, 0.4) is 0 Å². The topological polar surface area (TPSA) is 49.4 Å². The molecule has 0 radical (unpaired) electrons. The highest BCUT2D eigenvalue weighted by Crippen LogP contribution is 2.24. The van der Waals surface area contributed by atoms with Crippen molar-refractivity contribution < 1.29 is 8.42 Å². The Bertz CT molecular complexity index is 461. The maximum Gasteiger partial charge on any atom is 0.252 e. The molecule has 0 amide bonds. The lowest BCUT2D eigenvalue weighted by Gasteiger charge is -2.08. The van der Waals surface area contributed by atoms with E-state index in [9.17, 15) is 8.42 Å². The van der Waals surface area contributed by atoms with Gasteiger partial charge in [0.2, 0.25) is 0 Å². The molecule has 1 aromatic rings. The van der Waals surface area contributed by atoms with Crippen LogP contribution in [0.2, 0.25) is 0 Å². The second-order valence-corrected chi connectivity index (χ2v) is 7.51. The molecule has 16 heavy (non-hydrogen) atoms. The minimum Gasteiger partial charge on any atom is -0.310 e. The second kappa shape index (κ2) is 4.44.